The fraction of sp³-hybridized carbons (Fsp3) is 0.650. The molecular weight excluding hydrogens is 430 g/mol. The smallest absolute Gasteiger partial charge is 0.223 e. The van der Waals surface area contributed by atoms with Gasteiger partial charge in [-0.05, 0) is 12.1 Å². The number of amides is 1. The van der Waals surface area contributed by atoms with Crippen molar-refractivity contribution in [2.75, 3.05) is 13.2 Å². The van der Waals surface area contributed by atoms with Gasteiger partial charge in [0.05, 0.1) is 13.2 Å². The van der Waals surface area contributed by atoms with Crippen LogP contribution in [0.25, 0.3) is 0 Å². The Morgan fingerprint density at radius 1 is 0.906 bits per heavy atom. The summed E-state index contributed by atoms with van der Waals surface area (Å²) in [6, 6.07) is 7.36. The lowest BCUT2D eigenvalue weighted by Crippen LogP contribution is -2.68. The summed E-state index contributed by atoms with van der Waals surface area (Å²) in [5, 5.41) is 62.8. The summed E-state index contributed by atoms with van der Waals surface area (Å²) in [7, 11) is 0. The summed E-state index contributed by atoms with van der Waals surface area (Å²) in [6.45, 7) is -0.0576. The highest BCUT2D eigenvalue weighted by molar-refractivity contribution is 5.73. The normalized spacial score (nSPS) is 40.0. The van der Waals surface area contributed by atoms with Gasteiger partial charge in [-0.1, -0.05) is 18.2 Å². The maximum atomic E-state index is 11.7. The van der Waals surface area contributed by atoms with Crippen LogP contribution in [0, 0.1) is 0 Å². The fourth-order valence-corrected chi connectivity index (χ4v) is 3.69. The number of carbonyl (C=O) groups is 1. The first-order valence-electron chi connectivity index (χ1n) is 10.2. The van der Waals surface area contributed by atoms with Gasteiger partial charge in [0.2, 0.25) is 12.2 Å². The second kappa shape index (κ2) is 10.8. The number of aliphatic hydroxyl groups is 6. The van der Waals surface area contributed by atoms with Crippen LogP contribution in [0.2, 0.25) is 0 Å². The Morgan fingerprint density at radius 2 is 1.53 bits per heavy atom. The van der Waals surface area contributed by atoms with Crippen molar-refractivity contribution >= 4 is 5.91 Å². The standard InChI is InChI=1S/C20H29NO11/c1-9(24)21-13-15(26)18(32-20-17(28)16(27)14(25)11(7-22)30-20)12(8-23)31-19(13)29-10-5-3-2-4-6-10/h2-6,11-20,22-23,25-28H,7-8H2,1H3,(H,21,24). The lowest BCUT2D eigenvalue weighted by molar-refractivity contribution is -0.343. The summed E-state index contributed by atoms with van der Waals surface area (Å²) in [4.78, 5) is 11.7. The predicted octanol–water partition coefficient (Wildman–Crippen LogP) is -3.17. The third kappa shape index (κ3) is 5.36. The van der Waals surface area contributed by atoms with Gasteiger partial charge in [-0.15, -0.1) is 0 Å². The highest BCUT2D eigenvalue weighted by Crippen LogP contribution is 2.30. The van der Waals surface area contributed by atoms with Crippen molar-refractivity contribution in [3.8, 4) is 5.75 Å². The molecule has 0 aromatic heterocycles. The van der Waals surface area contributed by atoms with Crippen molar-refractivity contribution in [1.29, 1.82) is 0 Å². The molecule has 0 saturated carbocycles. The highest BCUT2D eigenvalue weighted by Gasteiger charge is 2.51. The SMILES string of the molecule is CC(=O)NC1C(Oc2ccccc2)OC(CO)C(OC2OC(CO)C(O)C(O)C2O)C1O. The van der Waals surface area contributed by atoms with Crippen molar-refractivity contribution in [2.45, 2.75) is 68.3 Å². The highest BCUT2D eigenvalue weighted by atomic mass is 16.7. The fourth-order valence-electron chi connectivity index (χ4n) is 3.69. The van der Waals surface area contributed by atoms with E-state index in [1.165, 1.54) is 6.92 Å². The molecule has 10 unspecified atom stereocenters. The van der Waals surface area contributed by atoms with Crippen LogP contribution in [0.3, 0.4) is 0 Å². The zero-order chi connectivity index (χ0) is 23.4. The molecule has 10 atom stereocenters. The Labute approximate surface area is 183 Å². The summed E-state index contributed by atoms with van der Waals surface area (Å²) < 4.78 is 22.4. The molecule has 12 nitrogen and oxygen atoms in total. The van der Waals surface area contributed by atoms with Crippen LogP contribution in [0.15, 0.2) is 30.3 Å². The van der Waals surface area contributed by atoms with E-state index in [1.807, 2.05) is 0 Å². The Balaban J connectivity index is 1.80. The van der Waals surface area contributed by atoms with Crippen molar-refractivity contribution in [1.82, 2.24) is 5.32 Å². The van der Waals surface area contributed by atoms with Gasteiger partial charge in [0, 0.05) is 6.92 Å². The Bertz CT molecular complexity index is 736. The van der Waals surface area contributed by atoms with E-state index >= 15 is 0 Å². The van der Waals surface area contributed by atoms with Crippen molar-refractivity contribution in [3.63, 3.8) is 0 Å². The molecule has 0 radical (unpaired) electrons. The molecular formula is C20H29NO11. The molecule has 32 heavy (non-hydrogen) atoms. The monoisotopic (exact) mass is 459 g/mol. The maximum Gasteiger partial charge on any atom is 0.223 e. The van der Waals surface area contributed by atoms with Gasteiger partial charge in [0.25, 0.3) is 0 Å². The molecule has 0 spiro atoms. The summed E-state index contributed by atoms with van der Waals surface area (Å²) >= 11 is 0. The molecule has 180 valence electrons. The molecule has 2 saturated heterocycles. The minimum Gasteiger partial charge on any atom is -0.463 e. The molecule has 3 rings (SSSR count). The number of aliphatic hydroxyl groups excluding tert-OH is 6. The maximum absolute atomic E-state index is 11.7. The third-order valence-electron chi connectivity index (χ3n) is 5.36. The minimum absolute atomic E-state index is 0.394. The summed E-state index contributed by atoms with van der Waals surface area (Å²) in [5.74, 6) is -0.0987. The molecule has 0 bridgehead atoms. The molecule has 2 heterocycles. The second-order valence-corrected chi connectivity index (χ2v) is 7.67. The van der Waals surface area contributed by atoms with Gasteiger partial charge in [0.15, 0.2) is 6.29 Å². The average molecular weight is 459 g/mol. The van der Waals surface area contributed by atoms with Crippen LogP contribution in [-0.4, -0.2) is 111 Å². The summed E-state index contributed by atoms with van der Waals surface area (Å²) in [6.07, 6.45) is -13.0. The van der Waals surface area contributed by atoms with Gasteiger partial charge in [-0.2, -0.15) is 0 Å². The number of benzene rings is 1. The largest absolute Gasteiger partial charge is 0.463 e. The number of nitrogens with one attached hydrogen (secondary N) is 1. The number of para-hydroxylation sites is 1. The molecule has 2 aliphatic rings. The minimum atomic E-state index is -1.73. The zero-order valence-corrected chi connectivity index (χ0v) is 17.3. The quantitative estimate of drug-likeness (QED) is 0.218. The Kier molecular flexibility index (Phi) is 8.38. The van der Waals surface area contributed by atoms with Crippen LogP contribution in [-0.2, 0) is 19.0 Å². The van der Waals surface area contributed by atoms with Crippen molar-refractivity contribution in [2.24, 2.45) is 0 Å². The molecule has 7 N–H and O–H groups in total. The van der Waals surface area contributed by atoms with Gasteiger partial charge >= 0.3 is 0 Å². The first kappa shape index (κ1) is 24.8. The number of carbonyl (C=O) groups excluding carboxylic acids is 1. The van der Waals surface area contributed by atoms with Crippen LogP contribution in [0.5, 0.6) is 5.75 Å². The molecule has 0 aliphatic carbocycles. The predicted molar refractivity (Wildman–Crippen MR) is 105 cm³/mol. The number of hydrogen-bond donors (Lipinski definition) is 7. The lowest BCUT2D eigenvalue weighted by Gasteiger charge is -2.47. The second-order valence-electron chi connectivity index (χ2n) is 7.67. The number of rotatable bonds is 7. The van der Waals surface area contributed by atoms with Crippen molar-refractivity contribution < 1.29 is 54.4 Å². The van der Waals surface area contributed by atoms with Gasteiger partial charge in [-0.3, -0.25) is 4.79 Å². The zero-order valence-electron chi connectivity index (χ0n) is 17.3. The Morgan fingerprint density at radius 3 is 2.12 bits per heavy atom. The van der Waals surface area contributed by atoms with E-state index in [0.717, 1.165) is 0 Å². The third-order valence-corrected chi connectivity index (χ3v) is 5.36. The van der Waals surface area contributed by atoms with Crippen LogP contribution >= 0.6 is 0 Å². The van der Waals surface area contributed by atoms with E-state index in [-0.39, 0.29) is 0 Å². The van der Waals surface area contributed by atoms with Crippen LogP contribution < -0.4 is 10.1 Å². The topological polar surface area (TPSA) is 187 Å². The van der Waals surface area contributed by atoms with E-state index in [0.29, 0.717) is 5.75 Å². The molecule has 1 aromatic rings. The average Bonchev–Trinajstić information content (AvgIpc) is 2.78. The lowest BCUT2D eigenvalue weighted by atomic mass is 9.95. The molecule has 12 heteroatoms. The molecule has 1 aromatic carbocycles. The number of hydrogen-bond acceptors (Lipinski definition) is 11. The van der Waals surface area contributed by atoms with Crippen LogP contribution in [0.4, 0.5) is 0 Å². The van der Waals surface area contributed by atoms with Crippen molar-refractivity contribution in [3.05, 3.63) is 30.3 Å². The first-order chi connectivity index (χ1) is 15.3. The van der Waals surface area contributed by atoms with E-state index < -0.39 is 80.5 Å². The molecule has 1 amide bonds. The van der Waals surface area contributed by atoms with E-state index in [1.54, 1.807) is 30.3 Å². The van der Waals surface area contributed by atoms with Gasteiger partial charge in [-0.25, -0.2) is 0 Å². The molecule has 2 fully saturated rings. The van der Waals surface area contributed by atoms with E-state index in [2.05, 4.69) is 5.32 Å². The van der Waals surface area contributed by atoms with Crippen LogP contribution in [0.1, 0.15) is 6.92 Å². The first-order valence-corrected chi connectivity index (χ1v) is 10.2. The molecule has 2 aliphatic heterocycles. The van der Waals surface area contributed by atoms with Gasteiger partial charge < -0.3 is 54.9 Å². The Hall–Kier alpha value is -1.87. The van der Waals surface area contributed by atoms with E-state index in [4.69, 9.17) is 18.9 Å². The van der Waals surface area contributed by atoms with E-state index in [9.17, 15) is 35.4 Å². The number of ether oxygens (including phenoxy) is 4. The van der Waals surface area contributed by atoms with Gasteiger partial charge in [0.1, 0.15) is 54.5 Å². The summed E-state index contributed by atoms with van der Waals surface area (Å²) in [5.41, 5.74) is 0.